The molecule has 1 aliphatic rings. The van der Waals surface area contributed by atoms with Crippen LogP contribution in [0.2, 0.25) is 5.02 Å². The molecule has 0 aliphatic carbocycles. The largest absolute Gasteiger partial charge is 0.361 e. The van der Waals surface area contributed by atoms with Crippen molar-refractivity contribution in [3.8, 4) is 0 Å². The van der Waals surface area contributed by atoms with Crippen molar-refractivity contribution in [1.82, 2.24) is 9.29 Å². The minimum Gasteiger partial charge on any atom is -0.361 e. The molecule has 0 saturated heterocycles. The average Bonchev–Trinajstić information content (AvgIpc) is 2.79. The molecule has 0 atom stereocenters. The molecule has 1 aromatic heterocycles. The van der Waals surface area contributed by atoms with Gasteiger partial charge in [-0.2, -0.15) is 4.31 Å². The standard InChI is InChI=1S/C23H23ClN4O3S/c1-27(2)22-21(8-5-12-25-22)26-23(29)19-14-18(9-10-20(19)24)32(30,31)28-13-11-16-6-3-4-7-17(16)15-28/h3-10,12,14H,11,13,15H2,1-2H3,(H,26,29). The van der Waals surface area contributed by atoms with E-state index in [-0.39, 0.29) is 15.5 Å². The predicted octanol–water partition coefficient (Wildman–Crippen LogP) is 3.80. The number of benzene rings is 2. The van der Waals surface area contributed by atoms with Gasteiger partial charge in [-0.1, -0.05) is 35.9 Å². The number of hydrogen-bond donors (Lipinski definition) is 1. The summed E-state index contributed by atoms with van der Waals surface area (Å²) in [5.74, 6) is 0.0693. The maximum absolute atomic E-state index is 13.3. The molecular weight excluding hydrogens is 448 g/mol. The third kappa shape index (κ3) is 4.34. The number of carbonyl (C=O) groups is 1. The number of rotatable bonds is 5. The lowest BCUT2D eigenvalue weighted by atomic mass is 10.0. The van der Waals surface area contributed by atoms with Gasteiger partial charge in [0.15, 0.2) is 5.82 Å². The van der Waals surface area contributed by atoms with Crippen LogP contribution in [0.15, 0.2) is 65.7 Å². The number of nitrogens with zero attached hydrogens (tertiary/aromatic N) is 3. The number of amides is 1. The first-order valence-corrected chi connectivity index (χ1v) is 11.9. The number of carbonyl (C=O) groups excluding carboxylic acids is 1. The Bertz CT molecular complexity index is 1280. The average molecular weight is 471 g/mol. The Morgan fingerprint density at radius 1 is 1.09 bits per heavy atom. The Labute approximate surface area is 192 Å². The minimum absolute atomic E-state index is 0.0328. The van der Waals surface area contributed by atoms with Gasteiger partial charge in [-0.05, 0) is 47.9 Å². The summed E-state index contributed by atoms with van der Waals surface area (Å²) in [4.78, 5) is 19.0. The molecule has 1 aliphatic heterocycles. The van der Waals surface area contributed by atoms with Crippen molar-refractivity contribution in [2.75, 3.05) is 30.9 Å². The molecule has 3 aromatic rings. The van der Waals surface area contributed by atoms with Gasteiger partial charge in [0.25, 0.3) is 5.91 Å². The summed E-state index contributed by atoms with van der Waals surface area (Å²) in [5.41, 5.74) is 2.73. The van der Waals surface area contributed by atoms with E-state index in [2.05, 4.69) is 10.3 Å². The first-order valence-electron chi connectivity index (χ1n) is 10.1. The van der Waals surface area contributed by atoms with Crippen molar-refractivity contribution in [1.29, 1.82) is 0 Å². The Morgan fingerprint density at radius 2 is 1.84 bits per heavy atom. The highest BCUT2D eigenvalue weighted by atomic mass is 35.5. The number of sulfonamides is 1. The number of nitrogens with one attached hydrogen (secondary N) is 1. The molecule has 0 saturated carbocycles. The third-order valence-corrected chi connectivity index (χ3v) is 7.55. The van der Waals surface area contributed by atoms with E-state index in [9.17, 15) is 13.2 Å². The van der Waals surface area contributed by atoms with Gasteiger partial charge in [0.05, 0.1) is 21.2 Å². The number of pyridine rings is 1. The Balaban J connectivity index is 1.62. The van der Waals surface area contributed by atoms with Crippen LogP contribution in [0, 0.1) is 0 Å². The van der Waals surface area contributed by atoms with Gasteiger partial charge in [0.1, 0.15) is 0 Å². The Kier molecular flexibility index (Phi) is 6.19. The molecule has 9 heteroatoms. The molecule has 1 amide bonds. The molecule has 32 heavy (non-hydrogen) atoms. The number of fused-ring (bicyclic) bond motifs is 1. The van der Waals surface area contributed by atoms with Crippen molar-refractivity contribution < 1.29 is 13.2 Å². The van der Waals surface area contributed by atoms with Gasteiger partial charge in [-0.3, -0.25) is 4.79 Å². The molecule has 4 rings (SSSR count). The van der Waals surface area contributed by atoms with Crippen LogP contribution in [0.3, 0.4) is 0 Å². The number of anilines is 2. The highest BCUT2D eigenvalue weighted by Gasteiger charge is 2.29. The van der Waals surface area contributed by atoms with Gasteiger partial charge in [-0.15, -0.1) is 0 Å². The van der Waals surface area contributed by atoms with E-state index in [4.69, 9.17) is 11.6 Å². The van der Waals surface area contributed by atoms with Crippen LogP contribution in [0.1, 0.15) is 21.5 Å². The normalized spacial score (nSPS) is 14.0. The highest BCUT2D eigenvalue weighted by Crippen LogP contribution is 2.28. The zero-order chi connectivity index (χ0) is 22.9. The van der Waals surface area contributed by atoms with Gasteiger partial charge < -0.3 is 10.2 Å². The van der Waals surface area contributed by atoms with E-state index in [0.717, 1.165) is 11.1 Å². The molecule has 0 radical (unpaired) electrons. The quantitative estimate of drug-likeness (QED) is 0.613. The van der Waals surface area contributed by atoms with Crippen LogP contribution < -0.4 is 10.2 Å². The first-order chi connectivity index (χ1) is 15.3. The maximum atomic E-state index is 13.3. The van der Waals surface area contributed by atoms with E-state index in [0.29, 0.717) is 31.0 Å². The molecule has 0 spiro atoms. The molecule has 7 nitrogen and oxygen atoms in total. The molecule has 0 bridgehead atoms. The fraction of sp³-hybridized carbons (Fsp3) is 0.217. The minimum atomic E-state index is -3.80. The number of halogens is 1. The summed E-state index contributed by atoms with van der Waals surface area (Å²) in [6.45, 7) is 0.677. The van der Waals surface area contributed by atoms with Crippen LogP contribution in [0.25, 0.3) is 0 Å². The van der Waals surface area contributed by atoms with E-state index < -0.39 is 15.9 Å². The lowest BCUT2D eigenvalue weighted by Gasteiger charge is -2.28. The summed E-state index contributed by atoms with van der Waals surface area (Å²) in [6, 6.07) is 15.5. The molecule has 0 fully saturated rings. The molecule has 2 heterocycles. The number of hydrogen-bond acceptors (Lipinski definition) is 5. The van der Waals surface area contributed by atoms with Crippen molar-refractivity contribution in [3.05, 3.63) is 82.5 Å². The summed E-state index contributed by atoms with van der Waals surface area (Å²) in [5, 5.41) is 2.95. The maximum Gasteiger partial charge on any atom is 0.257 e. The topological polar surface area (TPSA) is 82.6 Å². The summed E-state index contributed by atoms with van der Waals surface area (Å²) in [6.07, 6.45) is 2.27. The fourth-order valence-corrected chi connectivity index (χ4v) is 5.35. The van der Waals surface area contributed by atoms with E-state index in [1.54, 1.807) is 23.2 Å². The zero-order valence-electron chi connectivity index (χ0n) is 17.7. The Morgan fingerprint density at radius 3 is 2.59 bits per heavy atom. The lowest BCUT2D eigenvalue weighted by Crippen LogP contribution is -2.36. The van der Waals surface area contributed by atoms with Gasteiger partial charge in [-0.25, -0.2) is 13.4 Å². The fourth-order valence-electron chi connectivity index (χ4n) is 3.70. The monoisotopic (exact) mass is 470 g/mol. The smallest absolute Gasteiger partial charge is 0.257 e. The van der Waals surface area contributed by atoms with Gasteiger partial charge >= 0.3 is 0 Å². The van der Waals surface area contributed by atoms with Crippen LogP contribution in [-0.4, -0.2) is 44.3 Å². The summed E-state index contributed by atoms with van der Waals surface area (Å²) >= 11 is 6.27. The van der Waals surface area contributed by atoms with Crippen molar-refractivity contribution in [3.63, 3.8) is 0 Å². The van der Waals surface area contributed by atoms with E-state index >= 15 is 0 Å². The second kappa shape index (κ2) is 8.90. The van der Waals surface area contributed by atoms with Gasteiger partial charge in [0.2, 0.25) is 10.0 Å². The van der Waals surface area contributed by atoms with Crippen LogP contribution in [0.5, 0.6) is 0 Å². The second-order valence-corrected chi connectivity index (χ2v) is 10.1. The Hall–Kier alpha value is -2.94. The van der Waals surface area contributed by atoms with Crippen LogP contribution in [-0.2, 0) is 23.0 Å². The van der Waals surface area contributed by atoms with Crippen molar-refractivity contribution in [2.24, 2.45) is 0 Å². The van der Waals surface area contributed by atoms with E-state index in [1.807, 2.05) is 38.4 Å². The van der Waals surface area contributed by atoms with Crippen molar-refractivity contribution >= 4 is 39.0 Å². The molecule has 1 N–H and O–H groups in total. The van der Waals surface area contributed by atoms with Crippen LogP contribution >= 0.6 is 11.6 Å². The highest BCUT2D eigenvalue weighted by molar-refractivity contribution is 7.89. The molecule has 2 aromatic carbocycles. The van der Waals surface area contributed by atoms with E-state index in [1.165, 1.54) is 22.5 Å². The van der Waals surface area contributed by atoms with Crippen molar-refractivity contribution in [2.45, 2.75) is 17.9 Å². The molecule has 166 valence electrons. The van der Waals surface area contributed by atoms with Gasteiger partial charge in [0, 0.05) is 33.4 Å². The zero-order valence-corrected chi connectivity index (χ0v) is 19.3. The summed E-state index contributed by atoms with van der Waals surface area (Å²) < 4.78 is 28.1. The van der Waals surface area contributed by atoms with Crippen LogP contribution in [0.4, 0.5) is 11.5 Å². The lowest BCUT2D eigenvalue weighted by molar-refractivity contribution is 0.102. The molecule has 0 unspecified atom stereocenters. The third-order valence-electron chi connectivity index (χ3n) is 5.37. The SMILES string of the molecule is CN(C)c1ncccc1NC(=O)c1cc(S(=O)(=O)N2CCc3ccccc3C2)ccc1Cl. The number of aromatic nitrogens is 1. The summed E-state index contributed by atoms with van der Waals surface area (Å²) in [7, 11) is -0.169. The predicted molar refractivity (Wildman–Crippen MR) is 126 cm³/mol. The first kappa shape index (κ1) is 22.3. The molecular formula is C23H23ClN4O3S. The second-order valence-electron chi connectivity index (χ2n) is 7.72.